The van der Waals surface area contributed by atoms with Gasteiger partial charge in [0.05, 0.1) is 0 Å². The molecule has 2 aromatic rings. The summed E-state index contributed by atoms with van der Waals surface area (Å²) in [5.74, 6) is -0.896. The van der Waals surface area contributed by atoms with Crippen molar-refractivity contribution < 1.29 is 19.1 Å². The first-order valence-corrected chi connectivity index (χ1v) is 6.97. The van der Waals surface area contributed by atoms with Crippen LogP contribution in [0.1, 0.15) is 21.5 Å². The zero-order valence-electron chi connectivity index (χ0n) is 12.3. The molecule has 3 rings (SSSR count). The molecule has 0 amide bonds. The van der Waals surface area contributed by atoms with E-state index < -0.39 is 11.8 Å². The van der Waals surface area contributed by atoms with Crippen molar-refractivity contribution in [1.29, 1.82) is 0 Å². The maximum Gasteiger partial charge on any atom is 0.377 e. The third-order valence-corrected chi connectivity index (χ3v) is 3.50. The number of ether oxygens (including phenoxy) is 1. The van der Waals surface area contributed by atoms with E-state index in [4.69, 9.17) is 10.3 Å². The van der Waals surface area contributed by atoms with Gasteiger partial charge in [0.2, 0.25) is 0 Å². The van der Waals surface area contributed by atoms with Crippen molar-refractivity contribution in [3.05, 3.63) is 76.3 Å². The van der Waals surface area contributed by atoms with Crippen molar-refractivity contribution in [2.24, 2.45) is 0 Å². The van der Waals surface area contributed by atoms with Gasteiger partial charge in [0, 0.05) is 5.56 Å². The Balaban J connectivity index is 2.00. The Morgan fingerprint density at radius 1 is 1.13 bits per heavy atom. The van der Waals surface area contributed by atoms with E-state index in [0.717, 1.165) is 5.56 Å². The van der Waals surface area contributed by atoms with Gasteiger partial charge in [-0.2, -0.15) is 4.79 Å². The van der Waals surface area contributed by atoms with Gasteiger partial charge in [0.1, 0.15) is 5.75 Å². The number of Topliss-reactive ketones (excluding diaryl/α,β-unsaturated/α-hetero) is 1. The van der Waals surface area contributed by atoms with Crippen LogP contribution in [-0.2, 0) is 4.79 Å². The summed E-state index contributed by atoms with van der Waals surface area (Å²) in [6.45, 7) is 1.87. The molecule has 0 unspecified atom stereocenters. The van der Waals surface area contributed by atoms with Crippen molar-refractivity contribution in [3.63, 3.8) is 0 Å². The van der Waals surface area contributed by atoms with Crippen LogP contribution in [0.5, 0.6) is 5.75 Å². The number of benzene rings is 2. The first-order chi connectivity index (χ1) is 11.1. The molecule has 5 heteroatoms. The molecule has 0 saturated heterocycles. The summed E-state index contributed by atoms with van der Waals surface area (Å²) in [5, 5.41) is 0. The molecule has 0 atom stereocenters. The molecule has 1 aliphatic rings. The second-order valence-corrected chi connectivity index (χ2v) is 5.13. The fourth-order valence-electron chi connectivity index (χ4n) is 2.40. The summed E-state index contributed by atoms with van der Waals surface area (Å²) >= 11 is 0. The summed E-state index contributed by atoms with van der Waals surface area (Å²) in [7, 11) is 0. The minimum absolute atomic E-state index is 0.0716. The molecule has 5 nitrogen and oxygen atoms in total. The normalized spacial score (nSPS) is 13.0. The maximum absolute atomic E-state index is 12.4. The number of rotatable bonds is 2. The Morgan fingerprint density at radius 3 is 2.65 bits per heavy atom. The minimum Gasteiger partial charge on any atom is -0.423 e. The molecule has 0 bridgehead atoms. The molecule has 0 spiro atoms. The Kier molecular flexibility index (Phi) is 3.71. The molecular formula is C18H12N2O3. The van der Waals surface area contributed by atoms with Gasteiger partial charge in [0.15, 0.2) is 5.57 Å². The molecule has 23 heavy (non-hydrogen) atoms. The van der Waals surface area contributed by atoms with E-state index in [9.17, 15) is 9.59 Å². The van der Waals surface area contributed by atoms with Crippen LogP contribution < -0.4 is 4.74 Å². The third-order valence-electron chi connectivity index (χ3n) is 3.50. The van der Waals surface area contributed by atoms with E-state index in [-0.39, 0.29) is 11.3 Å². The number of esters is 1. The van der Waals surface area contributed by atoms with Crippen LogP contribution in [0.2, 0.25) is 0 Å². The first-order valence-electron chi connectivity index (χ1n) is 6.97. The van der Waals surface area contributed by atoms with E-state index in [0.29, 0.717) is 16.9 Å². The SMILES string of the molecule is Cc1cccc(OC(=O)C2=Cc3ccccc3C(=O)C2=[N+]=[N-])c1. The summed E-state index contributed by atoms with van der Waals surface area (Å²) in [6, 6.07) is 13.8. The molecule has 1 aliphatic carbocycles. The van der Waals surface area contributed by atoms with E-state index in [2.05, 4.69) is 4.79 Å². The standard InChI is InChI=1S/C18H12N2O3/c1-11-5-4-7-13(9-11)23-18(22)15-10-12-6-2-3-8-14(12)17(21)16(15)20-19/h2-10H,1H3. The Labute approximate surface area is 132 Å². The van der Waals surface area contributed by atoms with Crippen LogP contribution in [0.15, 0.2) is 54.1 Å². The fourth-order valence-corrected chi connectivity index (χ4v) is 2.40. The van der Waals surface area contributed by atoms with E-state index in [1.165, 1.54) is 6.08 Å². The molecule has 0 fully saturated rings. The van der Waals surface area contributed by atoms with E-state index in [1.807, 2.05) is 13.0 Å². The molecule has 0 radical (unpaired) electrons. The van der Waals surface area contributed by atoms with Crippen molar-refractivity contribution >= 4 is 23.5 Å². The lowest BCUT2D eigenvalue weighted by Crippen LogP contribution is -2.29. The number of hydrogen-bond donors (Lipinski definition) is 0. The molecule has 2 aromatic carbocycles. The number of carbonyl (C=O) groups excluding carboxylic acids is 2. The van der Waals surface area contributed by atoms with E-state index in [1.54, 1.807) is 42.5 Å². The smallest absolute Gasteiger partial charge is 0.377 e. The van der Waals surface area contributed by atoms with Crippen LogP contribution in [-0.4, -0.2) is 22.3 Å². The highest BCUT2D eigenvalue weighted by Crippen LogP contribution is 2.23. The van der Waals surface area contributed by atoms with Gasteiger partial charge in [0.25, 0.3) is 5.78 Å². The molecule has 0 aliphatic heterocycles. The van der Waals surface area contributed by atoms with Crippen LogP contribution in [0.4, 0.5) is 0 Å². The second kappa shape index (κ2) is 5.83. The Hall–Kier alpha value is -3.30. The molecule has 0 N–H and O–H groups in total. The van der Waals surface area contributed by atoms with Crippen molar-refractivity contribution in [1.82, 2.24) is 0 Å². The monoisotopic (exact) mass is 304 g/mol. The third kappa shape index (κ3) is 2.73. The zero-order valence-corrected chi connectivity index (χ0v) is 12.3. The summed E-state index contributed by atoms with van der Waals surface area (Å²) in [5.41, 5.74) is 10.6. The molecule has 0 aromatic heterocycles. The number of ketones is 1. The van der Waals surface area contributed by atoms with Crippen LogP contribution >= 0.6 is 0 Å². The number of nitrogens with zero attached hydrogens (tertiary/aromatic N) is 2. The number of hydrogen-bond acceptors (Lipinski definition) is 3. The number of carbonyl (C=O) groups is 2. The lowest BCUT2D eigenvalue weighted by molar-refractivity contribution is -0.129. The van der Waals surface area contributed by atoms with Crippen molar-refractivity contribution in [2.75, 3.05) is 0 Å². The lowest BCUT2D eigenvalue weighted by atomic mass is 9.89. The Bertz CT molecular complexity index is 906. The molecule has 112 valence electrons. The van der Waals surface area contributed by atoms with Gasteiger partial charge in [-0.1, -0.05) is 36.4 Å². The van der Waals surface area contributed by atoms with Gasteiger partial charge in [-0.05, 0) is 36.3 Å². The molecule has 0 heterocycles. The van der Waals surface area contributed by atoms with Crippen molar-refractivity contribution in [2.45, 2.75) is 6.92 Å². The van der Waals surface area contributed by atoms with Gasteiger partial charge < -0.3 is 10.3 Å². The van der Waals surface area contributed by atoms with Gasteiger partial charge in [-0.3, -0.25) is 4.79 Å². The van der Waals surface area contributed by atoms with Crippen LogP contribution in [0.3, 0.4) is 0 Å². The quantitative estimate of drug-likeness (QED) is 0.370. The summed E-state index contributed by atoms with van der Waals surface area (Å²) in [6.07, 6.45) is 1.49. The highest BCUT2D eigenvalue weighted by Gasteiger charge is 2.37. The predicted molar refractivity (Wildman–Crippen MR) is 84.2 cm³/mol. The maximum atomic E-state index is 12.4. The van der Waals surface area contributed by atoms with Gasteiger partial charge >= 0.3 is 11.7 Å². The largest absolute Gasteiger partial charge is 0.423 e. The van der Waals surface area contributed by atoms with Crippen molar-refractivity contribution in [3.8, 4) is 5.75 Å². The minimum atomic E-state index is -0.744. The highest BCUT2D eigenvalue weighted by molar-refractivity contribution is 6.56. The predicted octanol–water partition coefficient (Wildman–Crippen LogP) is 2.85. The van der Waals surface area contributed by atoms with Crippen LogP contribution in [0.25, 0.3) is 11.6 Å². The highest BCUT2D eigenvalue weighted by atomic mass is 16.5. The molecular weight excluding hydrogens is 292 g/mol. The fraction of sp³-hybridized carbons (Fsp3) is 0.0556. The number of aryl methyl sites for hydroxylation is 1. The first kappa shape index (κ1) is 14.6. The average Bonchev–Trinajstić information content (AvgIpc) is 2.55. The second-order valence-electron chi connectivity index (χ2n) is 5.13. The molecule has 0 saturated carbocycles. The average molecular weight is 304 g/mol. The van der Waals surface area contributed by atoms with Gasteiger partial charge in [-0.25, -0.2) is 4.79 Å². The van der Waals surface area contributed by atoms with E-state index >= 15 is 0 Å². The zero-order chi connectivity index (χ0) is 16.4. The topological polar surface area (TPSA) is 79.8 Å². The Morgan fingerprint density at radius 2 is 1.91 bits per heavy atom. The summed E-state index contributed by atoms with van der Waals surface area (Å²) < 4.78 is 5.28. The van der Waals surface area contributed by atoms with Crippen LogP contribution in [0, 0.1) is 6.92 Å². The number of fused-ring (bicyclic) bond motifs is 1. The lowest BCUT2D eigenvalue weighted by Gasteiger charge is -2.11. The summed E-state index contributed by atoms with van der Waals surface area (Å²) in [4.78, 5) is 27.7. The van der Waals surface area contributed by atoms with Gasteiger partial charge in [-0.15, -0.1) is 0 Å².